The normalized spacial score (nSPS) is 11.4. The first-order valence-corrected chi connectivity index (χ1v) is 8.78. The molecule has 1 aromatic carbocycles. The summed E-state index contributed by atoms with van der Waals surface area (Å²) in [7, 11) is 0. The molecule has 0 bridgehead atoms. The van der Waals surface area contributed by atoms with Gasteiger partial charge in [-0.15, -0.1) is 0 Å². The number of allylic oxidation sites excluding steroid dienone is 3. The quantitative estimate of drug-likeness (QED) is 0.477. The van der Waals surface area contributed by atoms with Crippen molar-refractivity contribution in [2.75, 3.05) is 11.4 Å². The second-order valence-electron chi connectivity index (χ2n) is 6.02. The van der Waals surface area contributed by atoms with E-state index < -0.39 is 0 Å². The summed E-state index contributed by atoms with van der Waals surface area (Å²) in [4.78, 5) is 31.0. The molecule has 5 nitrogen and oxygen atoms in total. The van der Waals surface area contributed by atoms with Crippen LogP contribution in [0.1, 0.15) is 22.8 Å². The topological polar surface area (TPSA) is 54.7 Å². The summed E-state index contributed by atoms with van der Waals surface area (Å²) in [6.07, 6.45) is 10.0. The number of carbonyl (C=O) groups is 1. The highest BCUT2D eigenvalue weighted by atomic mass is 16.1. The lowest BCUT2D eigenvalue weighted by molar-refractivity contribution is 0.112. The summed E-state index contributed by atoms with van der Waals surface area (Å²) in [5, 5.41) is 0. The van der Waals surface area contributed by atoms with E-state index in [9.17, 15) is 9.59 Å². The predicted octanol–water partition coefficient (Wildman–Crippen LogP) is 3.65. The van der Waals surface area contributed by atoms with Gasteiger partial charge in [0.25, 0.3) is 5.56 Å². The number of anilines is 1. The van der Waals surface area contributed by atoms with E-state index in [1.54, 1.807) is 18.3 Å². The minimum Gasteiger partial charge on any atom is -0.348 e. The van der Waals surface area contributed by atoms with E-state index in [2.05, 4.69) is 4.98 Å². The van der Waals surface area contributed by atoms with E-state index >= 15 is 0 Å². The first kappa shape index (κ1) is 18.3. The molecule has 27 heavy (non-hydrogen) atoms. The summed E-state index contributed by atoms with van der Waals surface area (Å²) >= 11 is 0. The largest absolute Gasteiger partial charge is 0.348 e. The highest BCUT2D eigenvalue weighted by molar-refractivity contribution is 5.83. The van der Waals surface area contributed by atoms with Gasteiger partial charge in [0, 0.05) is 19.3 Å². The summed E-state index contributed by atoms with van der Waals surface area (Å²) in [5.41, 5.74) is 1.29. The number of aromatic nitrogens is 2. The third-order valence-electron chi connectivity index (χ3n) is 4.15. The molecule has 0 fully saturated rings. The van der Waals surface area contributed by atoms with Crippen molar-refractivity contribution in [1.82, 2.24) is 9.38 Å². The van der Waals surface area contributed by atoms with Gasteiger partial charge < -0.3 is 4.90 Å². The first-order chi connectivity index (χ1) is 13.2. The molecule has 0 aliphatic rings. The molecule has 0 unspecified atom stereocenters. The number of fused-ring (bicyclic) bond motifs is 1. The second kappa shape index (κ2) is 8.76. The van der Waals surface area contributed by atoms with Crippen molar-refractivity contribution in [2.24, 2.45) is 0 Å². The Kier molecular flexibility index (Phi) is 5.94. The zero-order valence-electron chi connectivity index (χ0n) is 15.2. The van der Waals surface area contributed by atoms with Crippen molar-refractivity contribution in [2.45, 2.75) is 13.5 Å². The van der Waals surface area contributed by atoms with Crippen LogP contribution in [0.15, 0.2) is 83.8 Å². The fraction of sp³-hybridized carbons (Fsp3) is 0.136. The van der Waals surface area contributed by atoms with Crippen LogP contribution < -0.4 is 10.5 Å². The van der Waals surface area contributed by atoms with Crippen LogP contribution in [-0.4, -0.2) is 22.2 Å². The summed E-state index contributed by atoms with van der Waals surface area (Å²) in [6, 6.07) is 15.2. The number of carbonyl (C=O) groups excluding carboxylic acids is 1. The summed E-state index contributed by atoms with van der Waals surface area (Å²) < 4.78 is 1.39. The molecule has 0 amide bonds. The minimum atomic E-state index is -0.360. The molecule has 0 saturated carbocycles. The molecule has 2 heterocycles. The second-order valence-corrected chi connectivity index (χ2v) is 6.02. The Morgan fingerprint density at radius 1 is 1.07 bits per heavy atom. The Morgan fingerprint density at radius 2 is 1.85 bits per heavy atom. The van der Waals surface area contributed by atoms with Crippen LogP contribution in [0.3, 0.4) is 0 Å². The van der Waals surface area contributed by atoms with Crippen LogP contribution in [0.4, 0.5) is 5.82 Å². The molecule has 0 spiro atoms. The molecule has 0 N–H and O–H groups in total. The first-order valence-electron chi connectivity index (χ1n) is 8.78. The van der Waals surface area contributed by atoms with E-state index in [0.29, 0.717) is 30.8 Å². The van der Waals surface area contributed by atoms with Gasteiger partial charge in [0.1, 0.15) is 17.0 Å². The Morgan fingerprint density at radius 3 is 2.59 bits per heavy atom. The number of benzene rings is 1. The molecular formula is C22H21N3O2. The van der Waals surface area contributed by atoms with Crippen molar-refractivity contribution in [3.8, 4) is 0 Å². The van der Waals surface area contributed by atoms with Gasteiger partial charge in [-0.25, -0.2) is 4.98 Å². The van der Waals surface area contributed by atoms with Crippen LogP contribution in [0.5, 0.6) is 0 Å². The van der Waals surface area contributed by atoms with Gasteiger partial charge in [0.05, 0.1) is 0 Å². The molecule has 0 radical (unpaired) electrons. The standard InChI is InChI=1S/C22H21N3O2/c1-2-3-4-9-14-24(16-18-11-6-5-7-12-18)21-19(17-26)22(27)25-15-10-8-13-20(25)23-21/h2-13,15,17H,14,16H2,1H3/b3-2+,9-4+. The number of aldehydes is 1. The smallest absolute Gasteiger partial charge is 0.270 e. The number of rotatable bonds is 7. The zero-order chi connectivity index (χ0) is 19.1. The van der Waals surface area contributed by atoms with Gasteiger partial charge in [-0.2, -0.15) is 0 Å². The van der Waals surface area contributed by atoms with E-state index in [4.69, 9.17) is 0 Å². The Bertz CT molecular complexity index is 1040. The van der Waals surface area contributed by atoms with Gasteiger partial charge in [0.15, 0.2) is 6.29 Å². The highest BCUT2D eigenvalue weighted by Gasteiger charge is 2.17. The molecule has 2 aromatic heterocycles. The summed E-state index contributed by atoms with van der Waals surface area (Å²) in [5.74, 6) is 0.398. The molecule has 3 rings (SSSR count). The number of pyridine rings is 1. The fourth-order valence-electron chi connectivity index (χ4n) is 2.84. The van der Waals surface area contributed by atoms with Crippen LogP contribution in [-0.2, 0) is 6.54 Å². The molecule has 0 saturated heterocycles. The predicted molar refractivity (Wildman–Crippen MR) is 108 cm³/mol. The van der Waals surface area contributed by atoms with Crippen molar-refractivity contribution in [1.29, 1.82) is 0 Å². The monoisotopic (exact) mass is 359 g/mol. The van der Waals surface area contributed by atoms with Crippen molar-refractivity contribution < 1.29 is 4.79 Å². The molecule has 0 aliphatic carbocycles. The molecule has 0 aliphatic heterocycles. The molecular weight excluding hydrogens is 338 g/mol. The highest BCUT2D eigenvalue weighted by Crippen LogP contribution is 2.18. The maximum atomic E-state index is 12.7. The molecule has 0 atom stereocenters. The van der Waals surface area contributed by atoms with Crippen molar-refractivity contribution >= 4 is 17.8 Å². The van der Waals surface area contributed by atoms with E-state index in [0.717, 1.165) is 5.56 Å². The third-order valence-corrected chi connectivity index (χ3v) is 4.15. The summed E-state index contributed by atoms with van der Waals surface area (Å²) in [6.45, 7) is 3.01. The lowest BCUT2D eigenvalue weighted by atomic mass is 10.2. The van der Waals surface area contributed by atoms with Gasteiger partial charge >= 0.3 is 0 Å². The zero-order valence-corrected chi connectivity index (χ0v) is 15.2. The van der Waals surface area contributed by atoms with Gasteiger partial charge in [-0.3, -0.25) is 14.0 Å². The van der Waals surface area contributed by atoms with Gasteiger partial charge in [-0.1, -0.05) is 60.7 Å². The third kappa shape index (κ3) is 4.20. The van der Waals surface area contributed by atoms with E-state index in [1.165, 1.54) is 4.40 Å². The van der Waals surface area contributed by atoms with Crippen LogP contribution >= 0.6 is 0 Å². The van der Waals surface area contributed by atoms with Crippen molar-refractivity contribution in [3.05, 3.63) is 101 Å². The number of hydrogen-bond donors (Lipinski definition) is 0. The van der Waals surface area contributed by atoms with Crippen LogP contribution in [0, 0.1) is 0 Å². The minimum absolute atomic E-state index is 0.0639. The fourth-order valence-corrected chi connectivity index (χ4v) is 2.84. The molecule has 3 aromatic rings. The average Bonchev–Trinajstić information content (AvgIpc) is 2.71. The Labute approximate surface area is 157 Å². The lowest BCUT2D eigenvalue weighted by Gasteiger charge is -2.24. The number of nitrogens with zero attached hydrogens (tertiary/aromatic N) is 3. The van der Waals surface area contributed by atoms with Gasteiger partial charge in [-0.05, 0) is 24.6 Å². The average molecular weight is 359 g/mol. The van der Waals surface area contributed by atoms with Crippen LogP contribution in [0.2, 0.25) is 0 Å². The Balaban J connectivity index is 2.09. The molecule has 136 valence electrons. The maximum absolute atomic E-state index is 12.7. The lowest BCUT2D eigenvalue weighted by Crippen LogP contribution is -2.30. The Hall–Kier alpha value is -3.47. The van der Waals surface area contributed by atoms with Crippen molar-refractivity contribution in [3.63, 3.8) is 0 Å². The maximum Gasteiger partial charge on any atom is 0.270 e. The molecule has 5 heteroatoms. The van der Waals surface area contributed by atoms with Crippen LogP contribution in [0.25, 0.3) is 5.65 Å². The van der Waals surface area contributed by atoms with E-state index in [-0.39, 0.29) is 11.1 Å². The SMILES string of the molecule is C/C=C/C=C/CN(Cc1ccccc1)c1nc2ccccn2c(=O)c1C=O. The van der Waals surface area contributed by atoms with Gasteiger partial charge in [0.2, 0.25) is 0 Å². The van der Waals surface area contributed by atoms with E-state index in [1.807, 2.05) is 72.5 Å². The number of hydrogen-bond acceptors (Lipinski definition) is 4.